The van der Waals surface area contributed by atoms with Gasteiger partial charge in [0.25, 0.3) is 15.0 Å². The van der Waals surface area contributed by atoms with Crippen molar-refractivity contribution in [3.63, 3.8) is 0 Å². The van der Waals surface area contributed by atoms with E-state index in [9.17, 15) is 4.79 Å². The van der Waals surface area contributed by atoms with E-state index in [1.165, 1.54) is 12.1 Å². The highest BCUT2D eigenvalue weighted by molar-refractivity contribution is 6.69. The third-order valence-electron chi connectivity index (χ3n) is 2.03. The Morgan fingerprint density at radius 3 is 2.29 bits per heavy atom. The van der Waals surface area contributed by atoms with Crippen LogP contribution in [0.1, 0.15) is 20.8 Å². The van der Waals surface area contributed by atoms with Crippen molar-refractivity contribution >= 4 is 20.2 Å². The minimum absolute atomic E-state index is 0.167. The fourth-order valence-electron chi connectivity index (χ4n) is 1.41. The standard InChI is InChI=1S/C11H16O2Si/c1-9(2)14(13-10(3)12)11-7-5-4-6-8-11/h4-9,14H,1-3H3. The summed E-state index contributed by atoms with van der Waals surface area (Å²) in [5.41, 5.74) is 0.432. The van der Waals surface area contributed by atoms with Crippen LogP contribution < -0.4 is 5.19 Å². The van der Waals surface area contributed by atoms with Crippen molar-refractivity contribution in [1.29, 1.82) is 0 Å². The van der Waals surface area contributed by atoms with Gasteiger partial charge in [-0.3, -0.25) is 4.79 Å². The average molecular weight is 208 g/mol. The summed E-state index contributed by atoms with van der Waals surface area (Å²) in [6.07, 6.45) is 0. The summed E-state index contributed by atoms with van der Waals surface area (Å²) in [4.78, 5) is 10.9. The molecule has 14 heavy (non-hydrogen) atoms. The minimum Gasteiger partial charge on any atom is -0.517 e. The summed E-state index contributed by atoms with van der Waals surface area (Å²) in [5, 5.41) is 1.19. The molecule has 1 aromatic rings. The molecule has 0 aliphatic rings. The molecule has 0 spiro atoms. The van der Waals surface area contributed by atoms with E-state index in [1.54, 1.807) is 0 Å². The van der Waals surface area contributed by atoms with E-state index >= 15 is 0 Å². The van der Waals surface area contributed by atoms with E-state index in [4.69, 9.17) is 4.43 Å². The quantitative estimate of drug-likeness (QED) is 0.705. The molecule has 0 N–H and O–H groups in total. The van der Waals surface area contributed by atoms with Crippen LogP contribution in [0.4, 0.5) is 0 Å². The average Bonchev–Trinajstić information content (AvgIpc) is 2.15. The van der Waals surface area contributed by atoms with Crippen LogP contribution >= 0.6 is 0 Å². The lowest BCUT2D eigenvalue weighted by molar-refractivity contribution is -0.132. The molecule has 0 heterocycles. The van der Waals surface area contributed by atoms with E-state index < -0.39 is 9.04 Å². The molecule has 0 aromatic heterocycles. The maximum Gasteiger partial charge on any atom is 0.289 e. The third kappa shape index (κ3) is 2.99. The first-order valence-corrected chi connectivity index (χ1v) is 6.55. The molecule has 1 rings (SSSR count). The molecule has 1 atom stereocenters. The molecule has 1 aromatic carbocycles. The van der Waals surface area contributed by atoms with Gasteiger partial charge in [-0.25, -0.2) is 0 Å². The maximum atomic E-state index is 10.9. The van der Waals surface area contributed by atoms with Crippen molar-refractivity contribution in [3.05, 3.63) is 30.3 Å². The number of benzene rings is 1. The lowest BCUT2D eigenvalue weighted by Gasteiger charge is -2.18. The first kappa shape index (κ1) is 11.0. The molecule has 0 saturated heterocycles. The number of rotatable bonds is 3. The zero-order chi connectivity index (χ0) is 10.6. The van der Waals surface area contributed by atoms with E-state index in [0.29, 0.717) is 5.54 Å². The van der Waals surface area contributed by atoms with Gasteiger partial charge in [0.15, 0.2) is 0 Å². The first-order valence-electron chi connectivity index (χ1n) is 4.83. The Balaban J connectivity index is 2.83. The summed E-state index contributed by atoms with van der Waals surface area (Å²) in [6.45, 7) is 5.69. The largest absolute Gasteiger partial charge is 0.517 e. The molecular formula is C11H16O2Si. The van der Waals surface area contributed by atoms with Crippen LogP contribution in [0.15, 0.2) is 30.3 Å². The Hall–Kier alpha value is -1.09. The van der Waals surface area contributed by atoms with E-state index in [-0.39, 0.29) is 5.97 Å². The first-order chi connectivity index (χ1) is 6.61. The topological polar surface area (TPSA) is 26.3 Å². The second-order valence-corrected chi connectivity index (χ2v) is 6.76. The van der Waals surface area contributed by atoms with Crippen LogP contribution in [0.25, 0.3) is 0 Å². The SMILES string of the molecule is CC(=O)O[SiH](c1ccccc1)C(C)C. The molecule has 0 aliphatic heterocycles. The van der Waals surface area contributed by atoms with Gasteiger partial charge >= 0.3 is 0 Å². The molecule has 0 aliphatic carbocycles. The summed E-state index contributed by atoms with van der Waals surface area (Å²) in [5.74, 6) is -0.167. The van der Waals surface area contributed by atoms with Crippen molar-refractivity contribution in [2.24, 2.45) is 0 Å². The third-order valence-corrected chi connectivity index (χ3v) is 4.87. The van der Waals surface area contributed by atoms with Gasteiger partial charge in [-0.1, -0.05) is 44.2 Å². The second-order valence-electron chi connectivity index (χ2n) is 3.68. The molecule has 0 amide bonds. The molecule has 1 unspecified atom stereocenters. The van der Waals surface area contributed by atoms with Gasteiger partial charge in [0.05, 0.1) is 0 Å². The molecular weight excluding hydrogens is 192 g/mol. The Morgan fingerprint density at radius 1 is 1.29 bits per heavy atom. The van der Waals surface area contributed by atoms with Gasteiger partial charge in [0.1, 0.15) is 0 Å². The predicted octanol–water partition coefficient (Wildman–Crippen LogP) is 1.59. The predicted molar refractivity (Wildman–Crippen MR) is 60.1 cm³/mol. The van der Waals surface area contributed by atoms with Crippen molar-refractivity contribution < 1.29 is 9.22 Å². The van der Waals surface area contributed by atoms with Crippen LogP contribution in [0.3, 0.4) is 0 Å². The fraction of sp³-hybridized carbons (Fsp3) is 0.364. The Morgan fingerprint density at radius 2 is 1.86 bits per heavy atom. The second kappa shape index (κ2) is 4.96. The Bertz CT molecular complexity index is 295. The highest BCUT2D eigenvalue weighted by Crippen LogP contribution is 2.09. The van der Waals surface area contributed by atoms with Crippen LogP contribution in [0.2, 0.25) is 5.54 Å². The summed E-state index contributed by atoms with van der Waals surface area (Å²) >= 11 is 0. The van der Waals surface area contributed by atoms with Crippen LogP contribution in [-0.2, 0) is 9.22 Å². The lowest BCUT2D eigenvalue weighted by atomic mass is 10.4. The van der Waals surface area contributed by atoms with Crippen molar-refractivity contribution in [3.8, 4) is 0 Å². The van der Waals surface area contributed by atoms with Crippen molar-refractivity contribution in [1.82, 2.24) is 0 Å². The van der Waals surface area contributed by atoms with Gasteiger partial charge in [0, 0.05) is 6.92 Å². The molecule has 76 valence electrons. The molecule has 0 fully saturated rings. The number of hydrogen-bond donors (Lipinski definition) is 0. The zero-order valence-corrected chi connectivity index (χ0v) is 10.0. The fourth-order valence-corrected chi connectivity index (χ4v) is 3.55. The van der Waals surface area contributed by atoms with Crippen LogP contribution in [-0.4, -0.2) is 15.0 Å². The summed E-state index contributed by atoms with van der Waals surface area (Å²) in [6, 6.07) is 10.0. The molecule has 0 radical (unpaired) electrons. The summed E-state index contributed by atoms with van der Waals surface area (Å²) < 4.78 is 5.40. The zero-order valence-electron chi connectivity index (χ0n) is 8.86. The van der Waals surface area contributed by atoms with Crippen LogP contribution in [0.5, 0.6) is 0 Å². The number of carbonyl (C=O) groups excluding carboxylic acids is 1. The van der Waals surface area contributed by atoms with Gasteiger partial charge in [0.2, 0.25) is 0 Å². The Labute approximate surface area is 86.6 Å². The van der Waals surface area contributed by atoms with E-state index in [0.717, 1.165) is 0 Å². The van der Waals surface area contributed by atoms with Crippen LogP contribution in [0, 0.1) is 0 Å². The van der Waals surface area contributed by atoms with E-state index in [1.807, 2.05) is 30.3 Å². The summed E-state index contributed by atoms with van der Waals surface area (Å²) in [7, 11) is -1.57. The molecule has 0 bridgehead atoms. The smallest absolute Gasteiger partial charge is 0.289 e. The van der Waals surface area contributed by atoms with Gasteiger partial charge < -0.3 is 4.43 Å². The molecule has 2 nitrogen and oxygen atoms in total. The lowest BCUT2D eigenvalue weighted by Crippen LogP contribution is -2.37. The van der Waals surface area contributed by atoms with Gasteiger partial charge in [-0.2, -0.15) is 0 Å². The molecule has 3 heteroatoms. The maximum absolute atomic E-state index is 10.9. The van der Waals surface area contributed by atoms with Crippen molar-refractivity contribution in [2.75, 3.05) is 0 Å². The number of carbonyl (C=O) groups is 1. The normalized spacial score (nSPS) is 12.6. The highest BCUT2D eigenvalue weighted by Gasteiger charge is 2.21. The monoisotopic (exact) mass is 208 g/mol. The van der Waals surface area contributed by atoms with E-state index in [2.05, 4.69) is 13.8 Å². The molecule has 0 saturated carbocycles. The minimum atomic E-state index is -1.57. The van der Waals surface area contributed by atoms with Gasteiger partial charge in [-0.15, -0.1) is 0 Å². The Kier molecular flexibility index (Phi) is 3.89. The number of hydrogen-bond acceptors (Lipinski definition) is 2. The van der Waals surface area contributed by atoms with Gasteiger partial charge in [-0.05, 0) is 10.7 Å². The highest BCUT2D eigenvalue weighted by atomic mass is 28.3. The van der Waals surface area contributed by atoms with Crippen molar-refractivity contribution in [2.45, 2.75) is 26.3 Å².